The third kappa shape index (κ3) is 16.6. The molecule has 0 saturated carbocycles. The van der Waals surface area contributed by atoms with Gasteiger partial charge >= 0.3 is 6.16 Å². The molecule has 0 aliphatic carbocycles. The van der Waals surface area contributed by atoms with E-state index < -0.39 is 12.3 Å². The van der Waals surface area contributed by atoms with Gasteiger partial charge in [0.15, 0.2) is 0 Å². The predicted octanol–water partition coefficient (Wildman–Crippen LogP) is 7.05. The Labute approximate surface area is 194 Å². The highest BCUT2D eigenvalue weighted by Gasteiger charge is 2.11. The minimum absolute atomic E-state index is 0. The Morgan fingerprint density at radius 1 is 1.03 bits per heavy atom. The molecule has 0 amide bonds. The van der Waals surface area contributed by atoms with E-state index >= 15 is 0 Å². The van der Waals surface area contributed by atoms with Crippen LogP contribution in [0.1, 0.15) is 57.6 Å². The summed E-state index contributed by atoms with van der Waals surface area (Å²) in [4.78, 5) is 20.4. The fraction of sp³-hybridized carbons (Fsp3) is 0.333. The lowest BCUT2D eigenvalue weighted by Gasteiger charge is -2.14. The lowest BCUT2D eigenvalue weighted by molar-refractivity contribution is 0.0673. The number of aldehydes is 1. The Hall–Kier alpha value is -3.18. The van der Waals surface area contributed by atoms with Gasteiger partial charge in [0.1, 0.15) is 12.9 Å². The lowest BCUT2D eigenvalue weighted by atomic mass is 9.98. The number of allylic oxidation sites excluding steroid dienone is 1. The van der Waals surface area contributed by atoms with E-state index in [1.165, 1.54) is 0 Å². The second-order valence-corrected chi connectivity index (χ2v) is 6.04. The first-order valence-corrected chi connectivity index (χ1v) is 9.76. The molecule has 0 heterocycles. The first-order chi connectivity index (χ1) is 14.5. The zero-order chi connectivity index (χ0) is 22.6. The number of rotatable bonds is 7. The average molecular weight is 445 g/mol. The largest absolute Gasteiger partial charge is 0.508 e. The van der Waals surface area contributed by atoms with Crippen LogP contribution in [0, 0.1) is 5.92 Å². The molecule has 5 heteroatoms. The topological polar surface area (TPSA) is 72.8 Å². The van der Waals surface area contributed by atoms with Gasteiger partial charge in [0.05, 0.1) is 12.7 Å². The second-order valence-electron chi connectivity index (χ2n) is 6.04. The van der Waals surface area contributed by atoms with Gasteiger partial charge in [-0.3, -0.25) is 4.79 Å². The summed E-state index contributed by atoms with van der Waals surface area (Å²) in [5.74, 6) is 0.104. The maximum atomic E-state index is 10.4. The summed E-state index contributed by atoms with van der Waals surface area (Å²) in [5, 5.41) is 9.72. The predicted molar refractivity (Wildman–Crippen MR) is 134 cm³/mol. The van der Waals surface area contributed by atoms with Crippen LogP contribution in [0.5, 0.6) is 0 Å². The minimum atomic E-state index is -0.611. The smallest absolute Gasteiger partial charge is 0.435 e. The highest BCUT2D eigenvalue weighted by Crippen LogP contribution is 2.21. The number of hydrogen-bond donors (Lipinski definition) is 1. The third-order valence-electron chi connectivity index (χ3n) is 3.74. The van der Waals surface area contributed by atoms with Crippen molar-refractivity contribution in [1.29, 1.82) is 0 Å². The van der Waals surface area contributed by atoms with E-state index in [-0.39, 0.29) is 27.4 Å². The van der Waals surface area contributed by atoms with E-state index in [4.69, 9.17) is 0 Å². The Morgan fingerprint density at radius 2 is 1.56 bits per heavy atom. The van der Waals surface area contributed by atoms with E-state index in [0.29, 0.717) is 6.61 Å². The van der Waals surface area contributed by atoms with Gasteiger partial charge in [-0.05, 0) is 19.4 Å². The average Bonchev–Trinajstić information content (AvgIpc) is 2.80. The van der Waals surface area contributed by atoms with Gasteiger partial charge in [-0.1, -0.05) is 101 Å². The zero-order valence-corrected chi connectivity index (χ0v) is 17.9. The zero-order valence-electron chi connectivity index (χ0n) is 17.9. The molecule has 2 unspecified atom stereocenters. The van der Waals surface area contributed by atoms with E-state index in [0.717, 1.165) is 17.4 Å². The monoisotopic (exact) mass is 444 g/mol. The van der Waals surface area contributed by atoms with Crippen molar-refractivity contribution in [1.82, 2.24) is 0 Å². The Balaban J connectivity index is -0.000000389. The molecule has 0 spiro atoms. The van der Waals surface area contributed by atoms with Crippen LogP contribution in [-0.2, 0) is 9.47 Å². The van der Waals surface area contributed by atoms with Crippen LogP contribution < -0.4 is 0 Å². The number of ether oxygens (including phenoxy) is 2. The normalized spacial score (nSPS) is 10.9. The summed E-state index contributed by atoms with van der Waals surface area (Å²) >= 11 is 0. The highest BCUT2D eigenvalue weighted by molar-refractivity contribution is 5.74. The van der Waals surface area contributed by atoms with Crippen molar-refractivity contribution < 1.29 is 24.2 Å². The van der Waals surface area contributed by atoms with Gasteiger partial charge in [-0.25, -0.2) is 4.79 Å². The molecule has 0 radical (unpaired) electrons. The maximum Gasteiger partial charge on any atom is 0.508 e. The van der Waals surface area contributed by atoms with Gasteiger partial charge in [-0.2, -0.15) is 0 Å². The van der Waals surface area contributed by atoms with E-state index in [9.17, 15) is 14.7 Å². The highest BCUT2D eigenvalue weighted by atomic mass is 16.7. The summed E-state index contributed by atoms with van der Waals surface area (Å²) in [5.41, 5.74) is 1.68. The summed E-state index contributed by atoms with van der Waals surface area (Å²) in [6.07, 6.45) is 5.10. The summed E-state index contributed by atoms with van der Waals surface area (Å²) in [6.45, 7) is 9.83. The van der Waals surface area contributed by atoms with Crippen molar-refractivity contribution in [2.75, 3.05) is 13.2 Å². The molecule has 0 saturated heterocycles. The maximum absolute atomic E-state index is 10.4. The molecule has 2 aromatic rings. The fourth-order valence-corrected chi connectivity index (χ4v) is 1.99. The van der Waals surface area contributed by atoms with Crippen molar-refractivity contribution in [3.63, 3.8) is 0 Å². The molecule has 2 atom stereocenters. The van der Waals surface area contributed by atoms with Crippen LogP contribution in [0.2, 0.25) is 0 Å². The van der Waals surface area contributed by atoms with Gasteiger partial charge in [0.2, 0.25) is 0 Å². The van der Waals surface area contributed by atoms with E-state index in [1.54, 1.807) is 37.3 Å². The van der Waals surface area contributed by atoms with Crippen molar-refractivity contribution in [3.05, 3.63) is 96.6 Å². The van der Waals surface area contributed by atoms with Crippen LogP contribution >= 0.6 is 0 Å². The molecule has 178 valence electrons. The van der Waals surface area contributed by atoms with Crippen molar-refractivity contribution in [3.8, 4) is 0 Å². The molecular formula is C27H40O5. The van der Waals surface area contributed by atoms with E-state index in [2.05, 4.69) is 16.1 Å². The van der Waals surface area contributed by atoms with Crippen LogP contribution in [-0.4, -0.2) is 30.8 Å². The Bertz CT molecular complexity index is 726. The minimum Gasteiger partial charge on any atom is -0.435 e. The number of benzene rings is 2. The van der Waals surface area contributed by atoms with Gasteiger partial charge < -0.3 is 14.6 Å². The Morgan fingerprint density at radius 3 is 1.97 bits per heavy atom. The van der Waals surface area contributed by atoms with E-state index in [1.807, 2.05) is 62.4 Å². The van der Waals surface area contributed by atoms with Crippen LogP contribution in [0.25, 0.3) is 0 Å². The quantitative estimate of drug-likeness (QED) is 0.281. The number of aliphatic hydroxyl groups is 1. The lowest BCUT2D eigenvalue weighted by Crippen LogP contribution is -2.06. The second kappa shape index (κ2) is 22.5. The Kier molecular flexibility index (Phi) is 23.5. The fourth-order valence-electron chi connectivity index (χ4n) is 1.99. The van der Waals surface area contributed by atoms with Gasteiger partial charge in [0, 0.05) is 11.5 Å². The summed E-state index contributed by atoms with van der Waals surface area (Å²) < 4.78 is 9.07. The number of carbonyl (C=O) groups is 2. The third-order valence-corrected chi connectivity index (χ3v) is 3.74. The van der Waals surface area contributed by atoms with Crippen LogP contribution in [0.15, 0.2) is 85.5 Å². The first-order valence-electron chi connectivity index (χ1n) is 9.76. The molecule has 2 rings (SSSR count). The molecule has 32 heavy (non-hydrogen) atoms. The molecule has 0 aromatic heterocycles. The van der Waals surface area contributed by atoms with Gasteiger partial charge in [0.25, 0.3) is 0 Å². The molecule has 0 bridgehead atoms. The van der Waals surface area contributed by atoms with Crippen molar-refractivity contribution >= 4 is 12.4 Å². The number of aliphatic hydroxyl groups excluding tert-OH is 1. The molecule has 0 aliphatic heterocycles. The van der Waals surface area contributed by atoms with Crippen LogP contribution in [0.4, 0.5) is 4.79 Å². The molecule has 1 N–H and O–H groups in total. The standard InChI is InChI=1S/C11H14O.C7H12O3.C7H6O.2CH4/c1-3-9(2)11(12)10-7-5-4-6-8-10;1-3-5-6-10-7(8)9-4-2;8-6-7-4-2-1-3-5-7;;/h3-9,11-12H,1H2,2H3;3,5H,4,6H2,1-2H3;1-6H;2*1H4/b;5-3+;;;. The SMILES string of the molecule is C.C.C/C=C/COC(=O)OCC.C=CC(C)C(O)c1ccccc1.O=Cc1ccccc1. The van der Waals surface area contributed by atoms with Crippen molar-refractivity contribution in [2.24, 2.45) is 5.92 Å². The summed E-state index contributed by atoms with van der Waals surface area (Å²) in [7, 11) is 0. The number of hydrogen-bond acceptors (Lipinski definition) is 5. The summed E-state index contributed by atoms with van der Waals surface area (Å²) in [6, 6.07) is 18.7. The van der Waals surface area contributed by atoms with Gasteiger partial charge in [-0.15, -0.1) is 6.58 Å². The number of carbonyl (C=O) groups excluding carboxylic acids is 2. The molecule has 2 aromatic carbocycles. The molecule has 5 nitrogen and oxygen atoms in total. The first kappa shape index (κ1) is 33.5. The molecule has 0 aliphatic rings. The molecule has 0 fully saturated rings. The van der Waals surface area contributed by atoms with Crippen LogP contribution in [0.3, 0.4) is 0 Å². The molecular weight excluding hydrogens is 404 g/mol. The van der Waals surface area contributed by atoms with Crippen molar-refractivity contribution in [2.45, 2.75) is 41.7 Å².